The first-order valence-corrected chi connectivity index (χ1v) is 7.15. The molecule has 0 aliphatic carbocycles. The van der Waals surface area contributed by atoms with Gasteiger partial charge in [0, 0.05) is 39.0 Å². The van der Waals surface area contributed by atoms with Crippen LogP contribution in [0.25, 0.3) is 0 Å². The summed E-state index contributed by atoms with van der Waals surface area (Å²) in [6.07, 6.45) is 4.58. The van der Waals surface area contributed by atoms with Crippen LogP contribution in [0.4, 0.5) is 5.82 Å². The molecule has 1 N–H and O–H groups in total. The second kappa shape index (κ2) is 6.87. The Balaban J connectivity index is 2.01. The first kappa shape index (κ1) is 14.3. The number of hydrogen-bond donors (Lipinski definition) is 1. The lowest BCUT2D eigenvalue weighted by molar-refractivity contribution is 0.0891. The summed E-state index contributed by atoms with van der Waals surface area (Å²) in [6, 6.07) is 4.77. The molecule has 4 nitrogen and oxygen atoms in total. The monoisotopic (exact) mass is 263 g/mol. The Kier molecular flexibility index (Phi) is 5.16. The number of ether oxygens (including phenoxy) is 1. The highest BCUT2D eigenvalue weighted by molar-refractivity contribution is 5.41. The topological polar surface area (TPSA) is 37.4 Å². The molecule has 19 heavy (non-hydrogen) atoms. The standard InChI is InChI=1S/C15H25N3O/c1-12(2)17-10-13-6-7-16-15(9-13)18-8-4-5-14(11-18)19-3/h6-7,9,12,14,17H,4-5,8,10-11H2,1-3H3. The van der Waals surface area contributed by atoms with Gasteiger partial charge in [0.1, 0.15) is 5.82 Å². The summed E-state index contributed by atoms with van der Waals surface area (Å²) in [5, 5.41) is 3.44. The Morgan fingerprint density at radius 1 is 1.53 bits per heavy atom. The third-order valence-corrected chi connectivity index (χ3v) is 3.56. The highest BCUT2D eigenvalue weighted by atomic mass is 16.5. The zero-order valence-corrected chi connectivity index (χ0v) is 12.2. The minimum atomic E-state index is 0.341. The zero-order chi connectivity index (χ0) is 13.7. The van der Waals surface area contributed by atoms with Crippen molar-refractivity contribution in [2.75, 3.05) is 25.1 Å². The van der Waals surface area contributed by atoms with Gasteiger partial charge in [-0.25, -0.2) is 4.98 Å². The predicted molar refractivity (Wildman–Crippen MR) is 78.5 cm³/mol. The fraction of sp³-hybridized carbons (Fsp3) is 0.667. The number of hydrogen-bond acceptors (Lipinski definition) is 4. The summed E-state index contributed by atoms with van der Waals surface area (Å²) in [6.45, 7) is 7.25. The van der Waals surface area contributed by atoms with Gasteiger partial charge in [-0.2, -0.15) is 0 Å². The summed E-state index contributed by atoms with van der Waals surface area (Å²) < 4.78 is 5.47. The van der Waals surface area contributed by atoms with Gasteiger partial charge in [0.2, 0.25) is 0 Å². The largest absolute Gasteiger partial charge is 0.380 e. The number of pyridine rings is 1. The van der Waals surface area contributed by atoms with E-state index in [0.29, 0.717) is 12.1 Å². The van der Waals surface area contributed by atoms with Gasteiger partial charge in [-0.3, -0.25) is 0 Å². The molecule has 2 rings (SSSR count). The molecule has 0 radical (unpaired) electrons. The van der Waals surface area contributed by atoms with Crippen molar-refractivity contribution in [2.24, 2.45) is 0 Å². The van der Waals surface area contributed by atoms with Crippen LogP contribution >= 0.6 is 0 Å². The molecule has 1 fully saturated rings. The molecule has 1 aliphatic heterocycles. The maximum Gasteiger partial charge on any atom is 0.128 e. The van der Waals surface area contributed by atoms with Crippen LogP contribution in [0.3, 0.4) is 0 Å². The van der Waals surface area contributed by atoms with E-state index in [4.69, 9.17) is 4.74 Å². The van der Waals surface area contributed by atoms with E-state index in [1.807, 2.05) is 6.20 Å². The van der Waals surface area contributed by atoms with Crippen LogP contribution in [0.1, 0.15) is 32.3 Å². The molecule has 1 aliphatic rings. The van der Waals surface area contributed by atoms with Gasteiger partial charge < -0.3 is 15.0 Å². The minimum absolute atomic E-state index is 0.341. The molecule has 0 bridgehead atoms. The molecule has 4 heteroatoms. The van der Waals surface area contributed by atoms with Crippen LogP contribution in [0.5, 0.6) is 0 Å². The molecule has 1 aromatic heterocycles. The molecule has 106 valence electrons. The summed E-state index contributed by atoms with van der Waals surface area (Å²) in [7, 11) is 1.80. The van der Waals surface area contributed by atoms with E-state index in [9.17, 15) is 0 Å². The number of nitrogens with one attached hydrogen (secondary N) is 1. The number of rotatable bonds is 5. The van der Waals surface area contributed by atoms with Gasteiger partial charge in [0.25, 0.3) is 0 Å². The lowest BCUT2D eigenvalue weighted by atomic mass is 10.1. The first-order valence-electron chi connectivity index (χ1n) is 7.15. The zero-order valence-electron chi connectivity index (χ0n) is 12.2. The van der Waals surface area contributed by atoms with Gasteiger partial charge in [0.05, 0.1) is 6.10 Å². The molecule has 1 unspecified atom stereocenters. The van der Waals surface area contributed by atoms with Gasteiger partial charge in [-0.1, -0.05) is 13.8 Å². The average Bonchev–Trinajstić information content (AvgIpc) is 2.45. The van der Waals surface area contributed by atoms with Crippen molar-refractivity contribution in [3.63, 3.8) is 0 Å². The van der Waals surface area contributed by atoms with Crippen molar-refractivity contribution >= 4 is 5.82 Å². The SMILES string of the molecule is COC1CCCN(c2cc(CNC(C)C)ccn2)C1. The lowest BCUT2D eigenvalue weighted by Crippen LogP contribution is -2.39. The van der Waals surface area contributed by atoms with Gasteiger partial charge in [-0.15, -0.1) is 0 Å². The summed E-state index contributed by atoms with van der Waals surface area (Å²) in [5.41, 5.74) is 1.29. The van der Waals surface area contributed by atoms with Crippen LogP contribution in [0.15, 0.2) is 18.3 Å². The maximum atomic E-state index is 5.47. The lowest BCUT2D eigenvalue weighted by Gasteiger charge is -2.32. The van der Waals surface area contributed by atoms with Gasteiger partial charge in [-0.05, 0) is 30.5 Å². The van der Waals surface area contributed by atoms with Crippen molar-refractivity contribution in [3.05, 3.63) is 23.9 Å². The van der Waals surface area contributed by atoms with Gasteiger partial charge >= 0.3 is 0 Å². The Hall–Kier alpha value is -1.13. The highest BCUT2D eigenvalue weighted by Gasteiger charge is 2.20. The van der Waals surface area contributed by atoms with E-state index >= 15 is 0 Å². The molecule has 1 aromatic rings. The third kappa shape index (κ3) is 4.18. The van der Waals surface area contributed by atoms with Crippen LogP contribution in [0.2, 0.25) is 0 Å². The van der Waals surface area contributed by atoms with E-state index in [1.165, 1.54) is 12.0 Å². The average molecular weight is 263 g/mol. The smallest absolute Gasteiger partial charge is 0.128 e. The molecular weight excluding hydrogens is 238 g/mol. The summed E-state index contributed by atoms with van der Waals surface area (Å²) in [5.74, 6) is 1.07. The fourth-order valence-electron chi connectivity index (χ4n) is 2.40. The number of anilines is 1. The molecule has 0 aromatic carbocycles. The van der Waals surface area contributed by atoms with Crippen LogP contribution in [-0.4, -0.2) is 37.3 Å². The van der Waals surface area contributed by atoms with E-state index in [0.717, 1.165) is 31.9 Å². The summed E-state index contributed by atoms with van der Waals surface area (Å²) >= 11 is 0. The Morgan fingerprint density at radius 2 is 2.37 bits per heavy atom. The van der Waals surface area contributed by atoms with E-state index in [1.54, 1.807) is 7.11 Å². The Labute approximate surface area is 116 Å². The molecule has 1 saturated heterocycles. The third-order valence-electron chi connectivity index (χ3n) is 3.56. The van der Waals surface area contributed by atoms with Crippen molar-refractivity contribution in [1.29, 1.82) is 0 Å². The first-order chi connectivity index (χ1) is 9.19. The van der Waals surface area contributed by atoms with Crippen LogP contribution in [-0.2, 0) is 11.3 Å². The van der Waals surface area contributed by atoms with Crippen LogP contribution in [0, 0.1) is 0 Å². The number of aromatic nitrogens is 1. The maximum absolute atomic E-state index is 5.47. The van der Waals surface area contributed by atoms with E-state index < -0.39 is 0 Å². The van der Waals surface area contributed by atoms with Crippen LogP contribution < -0.4 is 10.2 Å². The summed E-state index contributed by atoms with van der Waals surface area (Å²) in [4.78, 5) is 6.83. The molecule has 0 saturated carbocycles. The van der Waals surface area contributed by atoms with Crippen molar-refractivity contribution in [2.45, 2.75) is 45.4 Å². The van der Waals surface area contributed by atoms with E-state index in [2.05, 4.69) is 41.2 Å². The second-order valence-corrected chi connectivity index (χ2v) is 5.50. The fourth-order valence-corrected chi connectivity index (χ4v) is 2.40. The molecule has 0 spiro atoms. The van der Waals surface area contributed by atoms with Gasteiger partial charge in [0.15, 0.2) is 0 Å². The number of methoxy groups -OCH3 is 1. The van der Waals surface area contributed by atoms with E-state index in [-0.39, 0.29) is 0 Å². The molecule has 2 heterocycles. The molecule has 1 atom stereocenters. The Morgan fingerprint density at radius 3 is 3.11 bits per heavy atom. The second-order valence-electron chi connectivity index (χ2n) is 5.50. The quantitative estimate of drug-likeness (QED) is 0.883. The highest BCUT2D eigenvalue weighted by Crippen LogP contribution is 2.20. The molecule has 0 amide bonds. The number of piperidine rings is 1. The minimum Gasteiger partial charge on any atom is -0.380 e. The predicted octanol–water partition coefficient (Wildman–Crippen LogP) is 2.19. The normalized spacial score (nSPS) is 20.0. The Bertz CT molecular complexity index is 395. The molecular formula is C15H25N3O. The van der Waals surface area contributed by atoms with Crippen molar-refractivity contribution in [3.8, 4) is 0 Å². The van der Waals surface area contributed by atoms with Crippen molar-refractivity contribution in [1.82, 2.24) is 10.3 Å². The number of nitrogens with zero attached hydrogens (tertiary/aromatic N) is 2. The van der Waals surface area contributed by atoms with Crippen molar-refractivity contribution < 1.29 is 4.74 Å².